The van der Waals surface area contributed by atoms with Gasteiger partial charge in [-0.15, -0.1) is 5.69 Å². The Labute approximate surface area is 179 Å². The highest BCUT2D eigenvalue weighted by molar-refractivity contribution is 7.94. The SMILES string of the molecule is CCCCc1ccc([N-]S(=O)(=O)c2cccc(C(=O)N3CCC[NH+](C)CC3)c2)cc1. The molecule has 162 valence electrons. The van der Waals surface area contributed by atoms with Crippen LogP contribution in [0.15, 0.2) is 53.4 Å². The molecule has 30 heavy (non-hydrogen) atoms. The number of sulfonamides is 1. The van der Waals surface area contributed by atoms with Crippen LogP contribution in [0.25, 0.3) is 4.72 Å². The Morgan fingerprint density at radius 2 is 1.87 bits per heavy atom. The normalized spacial score (nSPS) is 17.4. The van der Waals surface area contributed by atoms with Gasteiger partial charge in [-0.25, -0.2) is 8.42 Å². The van der Waals surface area contributed by atoms with Crippen LogP contribution in [0.2, 0.25) is 0 Å². The summed E-state index contributed by atoms with van der Waals surface area (Å²) in [6.45, 7) is 5.45. The van der Waals surface area contributed by atoms with Crippen LogP contribution >= 0.6 is 0 Å². The van der Waals surface area contributed by atoms with Gasteiger partial charge >= 0.3 is 0 Å². The molecular weight excluding hydrogens is 398 g/mol. The van der Waals surface area contributed by atoms with Crippen molar-refractivity contribution in [3.8, 4) is 0 Å². The summed E-state index contributed by atoms with van der Waals surface area (Å²) in [4.78, 5) is 16.2. The number of carbonyl (C=O) groups excluding carboxylic acids is 1. The monoisotopic (exact) mass is 429 g/mol. The van der Waals surface area contributed by atoms with E-state index in [-0.39, 0.29) is 10.8 Å². The summed E-state index contributed by atoms with van der Waals surface area (Å²) in [5.74, 6) is -0.123. The first-order valence-electron chi connectivity index (χ1n) is 10.7. The fourth-order valence-electron chi connectivity index (χ4n) is 3.61. The third kappa shape index (κ3) is 5.83. The summed E-state index contributed by atoms with van der Waals surface area (Å²) >= 11 is 0. The van der Waals surface area contributed by atoms with Crippen molar-refractivity contribution in [2.75, 3.05) is 33.2 Å². The van der Waals surface area contributed by atoms with Gasteiger partial charge in [0.1, 0.15) is 10.0 Å². The number of quaternary nitrogens is 1. The van der Waals surface area contributed by atoms with Crippen molar-refractivity contribution in [2.45, 2.75) is 37.5 Å². The molecule has 7 heteroatoms. The molecule has 0 radical (unpaired) electrons. The summed E-state index contributed by atoms with van der Waals surface area (Å²) in [5, 5.41) is 0. The highest BCUT2D eigenvalue weighted by atomic mass is 32.2. The molecule has 1 heterocycles. The molecule has 1 fully saturated rings. The Morgan fingerprint density at radius 1 is 1.10 bits per heavy atom. The molecule has 1 aliphatic rings. The van der Waals surface area contributed by atoms with Gasteiger partial charge in [0.25, 0.3) is 5.91 Å². The number of hydrogen-bond acceptors (Lipinski definition) is 3. The van der Waals surface area contributed by atoms with Crippen molar-refractivity contribution in [1.82, 2.24) is 4.90 Å². The number of benzene rings is 2. The quantitative estimate of drug-likeness (QED) is 0.736. The number of hydrogen-bond donors (Lipinski definition) is 1. The van der Waals surface area contributed by atoms with Gasteiger partial charge < -0.3 is 14.5 Å². The van der Waals surface area contributed by atoms with Crippen LogP contribution in [0.1, 0.15) is 42.1 Å². The zero-order chi connectivity index (χ0) is 21.6. The van der Waals surface area contributed by atoms with E-state index in [1.54, 1.807) is 24.3 Å². The van der Waals surface area contributed by atoms with Crippen LogP contribution in [-0.4, -0.2) is 52.5 Å². The number of unbranched alkanes of at least 4 members (excludes halogenated alkanes) is 1. The van der Waals surface area contributed by atoms with Gasteiger partial charge in [-0.05, 0) is 36.6 Å². The lowest BCUT2D eigenvalue weighted by atomic mass is 10.1. The molecule has 2 aromatic carbocycles. The lowest BCUT2D eigenvalue weighted by Gasteiger charge is -2.23. The molecule has 2 aromatic rings. The largest absolute Gasteiger partial charge is 0.573 e. The number of rotatable bonds is 7. The van der Waals surface area contributed by atoms with Gasteiger partial charge in [-0.2, -0.15) is 0 Å². The van der Waals surface area contributed by atoms with Gasteiger partial charge in [-0.3, -0.25) is 4.79 Å². The number of nitrogens with one attached hydrogen (secondary N) is 1. The van der Waals surface area contributed by atoms with Crippen LogP contribution in [0, 0.1) is 0 Å². The maximum absolute atomic E-state index is 12.9. The van der Waals surface area contributed by atoms with E-state index in [9.17, 15) is 13.2 Å². The molecule has 0 aromatic heterocycles. The predicted octanol–water partition coefficient (Wildman–Crippen LogP) is 2.78. The minimum Gasteiger partial charge on any atom is -0.573 e. The van der Waals surface area contributed by atoms with E-state index in [1.807, 2.05) is 17.0 Å². The second kappa shape index (κ2) is 10.1. The second-order valence-corrected chi connectivity index (χ2v) is 9.57. The minimum absolute atomic E-state index is 0.0426. The third-order valence-corrected chi connectivity index (χ3v) is 6.79. The summed E-state index contributed by atoms with van der Waals surface area (Å²) in [5.41, 5.74) is 1.96. The zero-order valence-corrected chi connectivity index (χ0v) is 18.6. The van der Waals surface area contributed by atoms with Crippen molar-refractivity contribution in [3.63, 3.8) is 0 Å². The maximum atomic E-state index is 12.9. The first kappa shape index (κ1) is 22.3. The molecule has 0 saturated carbocycles. The van der Waals surface area contributed by atoms with Crippen LogP contribution in [0.4, 0.5) is 5.69 Å². The van der Waals surface area contributed by atoms with E-state index in [4.69, 9.17) is 0 Å². The van der Waals surface area contributed by atoms with E-state index in [1.165, 1.54) is 22.6 Å². The van der Waals surface area contributed by atoms with Crippen LogP contribution in [-0.2, 0) is 16.4 Å². The molecule has 0 aliphatic carbocycles. The Bertz CT molecular complexity index is 958. The first-order chi connectivity index (χ1) is 14.4. The summed E-state index contributed by atoms with van der Waals surface area (Å²) in [7, 11) is -1.77. The Kier molecular flexibility index (Phi) is 7.50. The van der Waals surface area contributed by atoms with Gasteiger partial charge in [0.05, 0.1) is 31.6 Å². The van der Waals surface area contributed by atoms with Gasteiger partial charge in [-0.1, -0.05) is 43.7 Å². The molecule has 0 bridgehead atoms. The van der Waals surface area contributed by atoms with E-state index >= 15 is 0 Å². The molecular formula is C23H31N3O3S. The van der Waals surface area contributed by atoms with E-state index in [0.717, 1.165) is 38.8 Å². The molecule has 6 nitrogen and oxygen atoms in total. The molecule has 1 saturated heterocycles. The summed E-state index contributed by atoms with van der Waals surface area (Å²) in [6, 6.07) is 13.5. The number of carbonyl (C=O) groups is 1. The van der Waals surface area contributed by atoms with Crippen LogP contribution in [0.5, 0.6) is 0 Å². The van der Waals surface area contributed by atoms with Crippen LogP contribution in [0.3, 0.4) is 0 Å². The molecule has 1 amide bonds. The summed E-state index contributed by atoms with van der Waals surface area (Å²) in [6.07, 6.45) is 4.13. The fourth-order valence-corrected chi connectivity index (χ4v) is 4.64. The lowest BCUT2D eigenvalue weighted by Crippen LogP contribution is -3.09. The number of amides is 1. The average Bonchev–Trinajstić information content (AvgIpc) is 2.97. The molecule has 1 aliphatic heterocycles. The Balaban J connectivity index is 1.73. The zero-order valence-electron chi connectivity index (χ0n) is 17.8. The van der Waals surface area contributed by atoms with Crippen LogP contribution < -0.4 is 4.90 Å². The Morgan fingerprint density at radius 3 is 2.60 bits per heavy atom. The van der Waals surface area contributed by atoms with E-state index < -0.39 is 10.0 Å². The van der Waals surface area contributed by atoms with Crippen molar-refractivity contribution in [2.24, 2.45) is 0 Å². The topological polar surface area (TPSA) is 73.0 Å². The molecule has 1 N–H and O–H groups in total. The lowest BCUT2D eigenvalue weighted by molar-refractivity contribution is -0.877. The molecule has 3 rings (SSSR count). The first-order valence-corrected chi connectivity index (χ1v) is 12.1. The van der Waals surface area contributed by atoms with Crippen molar-refractivity contribution in [3.05, 3.63) is 64.4 Å². The number of nitrogens with zero attached hydrogens (tertiary/aromatic N) is 2. The average molecular weight is 430 g/mol. The number of likely N-dealkylation sites (N-methyl/N-ethyl adjacent to an activating group) is 1. The van der Waals surface area contributed by atoms with Crippen molar-refractivity contribution >= 4 is 21.6 Å². The fraction of sp³-hybridized carbons (Fsp3) is 0.435. The Hall–Kier alpha value is -2.38. The van der Waals surface area contributed by atoms with Gasteiger partial charge in [0.2, 0.25) is 0 Å². The van der Waals surface area contributed by atoms with Crippen molar-refractivity contribution in [1.29, 1.82) is 0 Å². The second-order valence-electron chi connectivity index (χ2n) is 7.97. The van der Waals surface area contributed by atoms with E-state index in [2.05, 4.69) is 18.7 Å². The van der Waals surface area contributed by atoms with Crippen molar-refractivity contribution < 1.29 is 18.1 Å². The molecule has 1 atom stereocenters. The third-order valence-electron chi connectivity index (χ3n) is 5.49. The summed E-state index contributed by atoms with van der Waals surface area (Å²) < 4.78 is 29.6. The predicted molar refractivity (Wildman–Crippen MR) is 119 cm³/mol. The standard InChI is InChI=1S/C23H30N3O3S/c1-3-4-7-19-10-12-21(13-11-19)24-30(28,29)22-9-5-8-20(18-22)23(27)26-15-6-14-25(2)16-17-26/h5,8-13,18H,3-4,6-7,14-17H2,1-2H3/q-1/p+1. The molecule has 1 unspecified atom stereocenters. The van der Waals surface area contributed by atoms with Gasteiger partial charge in [0.15, 0.2) is 0 Å². The maximum Gasteiger partial charge on any atom is 0.254 e. The highest BCUT2D eigenvalue weighted by Gasteiger charge is 2.21. The minimum atomic E-state index is -3.90. The van der Waals surface area contributed by atoms with E-state index in [0.29, 0.717) is 24.3 Å². The number of aryl methyl sites for hydroxylation is 1. The molecule has 0 spiro atoms. The highest BCUT2D eigenvalue weighted by Crippen LogP contribution is 2.28. The smallest absolute Gasteiger partial charge is 0.254 e. The van der Waals surface area contributed by atoms with Gasteiger partial charge in [0, 0.05) is 18.5 Å².